The highest BCUT2D eigenvalue weighted by Gasteiger charge is 2.23. The molecule has 0 saturated carbocycles. The lowest BCUT2D eigenvalue weighted by Crippen LogP contribution is -2.32. The molecular formula is C14H11N3O4. The maximum Gasteiger partial charge on any atom is 0.354 e. The van der Waals surface area contributed by atoms with Crippen LogP contribution in [0.4, 0.5) is 0 Å². The third-order valence-corrected chi connectivity index (χ3v) is 3.36. The van der Waals surface area contributed by atoms with Gasteiger partial charge in [-0.3, -0.25) is 9.59 Å². The van der Waals surface area contributed by atoms with Crippen LogP contribution in [0.25, 0.3) is 0 Å². The van der Waals surface area contributed by atoms with Crippen LogP contribution in [0.15, 0.2) is 24.5 Å². The Morgan fingerprint density at radius 2 is 2.10 bits per heavy atom. The van der Waals surface area contributed by atoms with Gasteiger partial charge in [0.25, 0.3) is 5.91 Å². The van der Waals surface area contributed by atoms with Gasteiger partial charge in [-0.05, 0) is 18.1 Å². The Balaban J connectivity index is 2.03. The smallest absolute Gasteiger partial charge is 0.354 e. The van der Waals surface area contributed by atoms with Crippen LogP contribution in [0.2, 0.25) is 0 Å². The maximum absolute atomic E-state index is 12.3. The van der Waals surface area contributed by atoms with Crippen molar-refractivity contribution in [2.75, 3.05) is 6.54 Å². The molecule has 0 spiro atoms. The molecule has 21 heavy (non-hydrogen) atoms. The Bertz CT molecular complexity index is 763. The van der Waals surface area contributed by atoms with Gasteiger partial charge in [0.15, 0.2) is 5.69 Å². The Hall–Kier alpha value is -2.96. The number of fused-ring (bicyclic) bond motifs is 1. The van der Waals surface area contributed by atoms with Crippen LogP contribution in [-0.4, -0.2) is 39.3 Å². The number of hydrogen-bond acceptors (Lipinski definition) is 4. The molecule has 2 aromatic rings. The van der Waals surface area contributed by atoms with Crippen LogP contribution in [0.1, 0.15) is 42.5 Å². The molecule has 106 valence electrons. The average Bonchev–Trinajstić information content (AvgIpc) is 2.96. The fraction of sp³-hybridized carbons (Fsp3) is 0.143. The van der Waals surface area contributed by atoms with E-state index in [1.807, 2.05) is 0 Å². The molecule has 1 aromatic heterocycles. The van der Waals surface area contributed by atoms with E-state index in [4.69, 9.17) is 5.11 Å². The third-order valence-electron chi connectivity index (χ3n) is 3.36. The van der Waals surface area contributed by atoms with Gasteiger partial charge in [0.2, 0.25) is 5.78 Å². The van der Waals surface area contributed by atoms with Crippen molar-refractivity contribution in [3.05, 3.63) is 52.6 Å². The summed E-state index contributed by atoms with van der Waals surface area (Å²) in [5.41, 5.74) is 1.12. The lowest BCUT2D eigenvalue weighted by Gasteiger charge is -2.16. The third kappa shape index (κ3) is 2.18. The predicted octanol–water partition coefficient (Wildman–Crippen LogP) is 0.625. The molecule has 1 aliphatic rings. The number of rotatable bonds is 3. The molecule has 0 saturated heterocycles. The quantitative estimate of drug-likeness (QED) is 0.716. The Morgan fingerprint density at radius 1 is 1.29 bits per heavy atom. The molecule has 0 aliphatic carbocycles. The molecular weight excluding hydrogens is 274 g/mol. The number of carboxylic acid groups (broad SMARTS) is 1. The van der Waals surface area contributed by atoms with Gasteiger partial charge in [0, 0.05) is 17.7 Å². The summed E-state index contributed by atoms with van der Waals surface area (Å²) in [5, 5.41) is 11.7. The second kappa shape index (κ2) is 4.86. The normalized spacial score (nSPS) is 13.4. The monoisotopic (exact) mass is 285 g/mol. The number of amides is 1. The van der Waals surface area contributed by atoms with Crippen LogP contribution in [0, 0.1) is 0 Å². The van der Waals surface area contributed by atoms with E-state index in [1.54, 1.807) is 12.1 Å². The SMILES string of the molecule is O=C1NCCc2ccc(C(=O)c3nc[nH]c3C(=O)O)cc21. The van der Waals surface area contributed by atoms with Crippen molar-refractivity contribution in [1.82, 2.24) is 15.3 Å². The molecule has 0 unspecified atom stereocenters. The van der Waals surface area contributed by atoms with E-state index in [0.29, 0.717) is 18.5 Å². The summed E-state index contributed by atoms with van der Waals surface area (Å²) in [6.07, 6.45) is 1.86. The van der Waals surface area contributed by atoms with Crippen LogP contribution in [0.5, 0.6) is 0 Å². The molecule has 7 nitrogen and oxygen atoms in total. The summed E-state index contributed by atoms with van der Waals surface area (Å²) < 4.78 is 0. The first-order chi connectivity index (χ1) is 10.1. The molecule has 2 heterocycles. The fourth-order valence-corrected chi connectivity index (χ4v) is 2.32. The van der Waals surface area contributed by atoms with Crippen molar-refractivity contribution >= 4 is 17.7 Å². The molecule has 3 rings (SSSR count). The molecule has 1 aromatic carbocycles. The van der Waals surface area contributed by atoms with Crippen molar-refractivity contribution in [3.63, 3.8) is 0 Å². The Kier molecular flexibility index (Phi) is 3.02. The highest BCUT2D eigenvalue weighted by molar-refractivity contribution is 6.13. The van der Waals surface area contributed by atoms with Crippen molar-refractivity contribution in [2.45, 2.75) is 6.42 Å². The van der Waals surface area contributed by atoms with Gasteiger partial charge >= 0.3 is 5.97 Å². The topological polar surface area (TPSA) is 112 Å². The van der Waals surface area contributed by atoms with E-state index in [1.165, 1.54) is 6.07 Å². The van der Waals surface area contributed by atoms with Crippen LogP contribution in [0.3, 0.4) is 0 Å². The number of carbonyl (C=O) groups is 3. The van der Waals surface area contributed by atoms with Gasteiger partial charge in [-0.2, -0.15) is 0 Å². The van der Waals surface area contributed by atoms with Crippen LogP contribution in [-0.2, 0) is 6.42 Å². The summed E-state index contributed by atoms with van der Waals surface area (Å²) in [4.78, 5) is 41.3. The number of imidazole rings is 1. The molecule has 0 radical (unpaired) electrons. The van der Waals surface area contributed by atoms with E-state index in [-0.39, 0.29) is 22.9 Å². The number of carbonyl (C=O) groups excluding carboxylic acids is 2. The number of benzene rings is 1. The first kappa shape index (κ1) is 13.0. The number of nitrogens with one attached hydrogen (secondary N) is 2. The highest BCUT2D eigenvalue weighted by Crippen LogP contribution is 2.19. The van der Waals surface area contributed by atoms with Crippen molar-refractivity contribution in [2.24, 2.45) is 0 Å². The summed E-state index contributed by atoms with van der Waals surface area (Å²) in [5.74, 6) is -2.02. The van der Waals surface area contributed by atoms with Gasteiger partial charge in [-0.25, -0.2) is 9.78 Å². The molecule has 3 N–H and O–H groups in total. The number of ketones is 1. The van der Waals surface area contributed by atoms with E-state index < -0.39 is 11.8 Å². The molecule has 0 bridgehead atoms. The number of aromatic nitrogens is 2. The van der Waals surface area contributed by atoms with E-state index in [0.717, 1.165) is 11.9 Å². The summed E-state index contributed by atoms with van der Waals surface area (Å²) in [6, 6.07) is 4.78. The van der Waals surface area contributed by atoms with Crippen LogP contribution >= 0.6 is 0 Å². The van der Waals surface area contributed by atoms with E-state index in [9.17, 15) is 14.4 Å². The standard InChI is InChI=1S/C14H11N3O4/c18-12(10-11(14(20)21)17-6-16-10)8-2-1-7-3-4-15-13(19)9(7)5-8/h1-2,5-6H,3-4H2,(H,15,19)(H,16,17)(H,20,21). The number of nitrogens with zero attached hydrogens (tertiary/aromatic N) is 1. The molecule has 7 heteroatoms. The van der Waals surface area contributed by atoms with Crippen molar-refractivity contribution in [3.8, 4) is 0 Å². The molecule has 1 aliphatic heterocycles. The van der Waals surface area contributed by atoms with E-state index in [2.05, 4.69) is 15.3 Å². The van der Waals surface area contributed by atoms with Gasteiger partial charge in [-0.15, -0.1) is 0 Å². The van der Waals surface area contributed by atoms with Gasteiger partial charge in [-0.1, -0.05) is 12.1 Å². The number of aromatic amines is 1. The minimum atomic E-state index is -1.26. The Morgan fingerprint density at radius 3 is 2.86 bits per heavy atom. The first-order valence-electron chi connectivity index (χ1n) is 6.30. The fourth-order valence-electron chi connectivity index (χ4n) is 2.32. The zero-order valence-electron chi connectivity index (χ0n) is 10.8. The molecule has 0 fully saturated rings. The van der Waals surface area contributed by atoms with Gasteiger partial charge in [0.05, 0.1) is 6.33 Å². The Labute approximate surface area is 119 Å². The number of carboxylic acids is 1. The summed E-state index contributed by atoms with van der Waals surface area (Å²) in [7, 11) is 0. The molecule has 0 atom stereocenters. The highest BCUT2D eigenvalue weighted by atomic mass is 16.4. The largest absolute Gasteiger partial charge is 0.477 e. The lowest BCUT2D eigenvalue weighted by molar-refractivity contribution is 0.0686. The lowest BCUT2D eigenvalue weighted by atomic mass is 9.95. The number of aromatic carboxylic acids is 1. The zero-order chi connectivity index (χ0) is 15.0. The minimum Gasteiger partial charge on any atom is -0.477 e. The zero-order valence-corrected chi connectivity index (χ0v) is 10.8. The summed E-state index contributed by atoms with van der Waals surface area (Å²) in [6.45, 7) is 0.571. The average molecular weight is 285 g/mol. The maximum atomic E-state index is 12.3. The minimum absolute atomic E-state index is 0.168. The second-order valence-corrected chi connectivity index (χ2v) is 4.64. The van der Waals surface area contributed by atoms with Crippen LogP contribution < -0.4 is 5.32 Å². The summed E-state index contributed by atoms with van der Waals surface area (Å²) >= 11 is 0. The number of H-pyrrole nitrogens is 1. The van der Waals surface area contributed by atoms with Gasteiger partial charge < -0.3 is 15.4 Å². The second-order valence-electron chi connectivity index (χ2n) is 4.64. The van der Waals surface area contributed by atoms with Crippen molar-refractivity contribution < 1.29 is 19.5 Å². The van der Waals surface area contributed by atoms with Crippen molar-refractivity contribution in [1.29, 1.82) is 0 Å². The predicted molar refractivity (Wildman–Crippen MR) is 71.5 cm³/mol. The van der Waals surface area contributed by atoms with E-state index >= 15 is 0 Å². The molecule has 1 amide bonds. The number of hydrogen-bond donors (Lipinski definition) is 3. The van der Waals surface area contributed by atoms with Gasteiger partial charge in [0.1, 0.15) is 5.69 Å². The first-order valence-corrected chi connectivity index (χ1v) is 6.30.